The molecule has 1 N–H and O–H groups in total. The van der Waals surface area contributed by atoms with Crippen LogP contribution >= 0.6 is 0 Å². The first-order chi connectivity index (χ1) is 12.8. The van der Waals surface area contributed by atoms with Crippen LogP contribution in [0.5, 0.6) is 0 Å². The molecule has 1 aliphatic heterocycles. The molecule has 4 nitrogen and oxygen atoms in total. The Labute approximate surface area is 155 Å². The summed E-state index contributed by atoms with van der Waals surface area (Å²) in [7, 11) is 0. The highest BCUT2D eigenvalue weighted by Gasteiger charge is 2.27. The lowest BCUT2D eigenvalue weighted by Crippen LogP contribution is -2.46. The molecule has 2 heterocycles. The van der Waals surface area contributed by atoms with Crippen molar-refractivity contribution in [2.75, 3.05) is 26.2 Å². The first-order valence-electron chi connectivity index (χ1n) is 9.37. The number of nitrogens with zero attached hydrogens (tertiary/aromatic N) is 3. The second-order valence-electron chi connectivity index (χ2n) is 7.00. The summed E-state index contributed by atoms with van der Waals surface area (Å²) in [6.07, 6.45) is 4.04. The minimum absolute atomic E-state index is 0.190. The van der Waals surface area contributed by atoms with Gasteiger partial charge in [0.2, 0.25) is 0 Å². The van der Waals surface area contributed by atoms with Crippen LogP contribution in [-0.4, -0.2) is 40.6 Å². The number of aryl methyl sites for hydroxylation is 1. The highest BCUT2D eigenvalue weighted by molar-refractivity contribution is 5.30. The van der Waals surface area contributed by atoms with Crippen LogP contribution in [0.4, 0.5) is 0 Å². The van der Waals surface area contributed by atoms with Gasteiger partial charge in [-0.1, -0.05) is 60.2 Å². The van der Waals surface area contributed by atoms with Crippen LogP contribution in [0.15, 0.2) is 67.0 Å². The van der Waals surface area contributed by atoms with Gasteiger partial charge >= 0.3 is 0 Å². The molecule has 3 aromatic rings. The van der Waals surface area contributed by atoms with Gasteiger partial charge in [-0.15, -0.1) is 0 Å². The summed E-state index contributed by atoms with van der Waals surface area (Å²) >= 11 is 0. The van der Waals surface area contributed by atoms with E-state index in [1.165, 1.54) is 16.7 Å². The fourth-order valence-corrected chi connectivity index (χ4v) is 3.79. The van der Waals surface area contributed by atoms with Gasteiger partial charge in [0.1, 0.15) is 5.82 Å². The highest BCUT2D eigenvalue weighted by atomic mass is 15.2. The van der Waals surface area contributed by atoms with Crippen molar-refractivity contribution in [3.63, 3.8) is 0 Å². The fourth-order valence-electron chi connectivity index (χ4n) is 3.79. The van der Waals surface area contributed by atoms with Gasteiger partial charge < -0.3 is 9.88 Å². The quantitative estimate of drug-likeness (QED) is 0.770. The maximum absolute atomic E-state index is 4.79. The Morgan fingerprint density at radius 2 is 1.85 bits per heavy atom. The fraction of sp³-hybridized carbons (Fsp3) is 0.318. The second kappa shape index (κ2) is 7.85. The second-order valence-corrected chi connectivity index (χ2v) is 7.00. The summed E-state index contributed by atoms with van der Waals surface area (Å²) in [5, 5.41) is 3.46. The zero-order valence-corrected chi connectivity index (χ0v) is 15.3. The zero-order valence-electron chi connectivity index (χ0n) is 15.3. The average molecular weight is 346 g/mol. The van der Waals surface area contributed by atoms with Gasteiger partial charge in [0.05, 0.1) is 6.04 Å². The normalized spacial score (nSPS) is 16.5. The number of aromatic nitrogens is 2. The zero-order chi connectivity index (χ0) is 17.8. The van der Waals surface area contributed by atoms with E-state index in [-0.39, 0.29) is 6.04 Å². The monoisotopic (exact) mass is 346 g/mol. The molecule has 2 aromatic carbocycles. The third-order valence-corrected chi connectivity index (χ3v) is 5.06. The maximum atomic E-state index is 4.79. The van der Waals surface area contributed by atoms with Crippen molar-refractivity contribution in [3.8, 4) is 0 Å². The van der Waals surface area contributed by atoms with E-state index in [1.807, 2.05) is 6.20 Å². The standard InChI is InChI=1S/C22H26N4/c1-18-6-5-9-20(16-18)21(25-13-10-23-11-14-25)22-24-12-15-26(22)17-19-7-3-2-4-8-19/h2-9,12,15-16,21,23H,10-11,13-14,17H2,1H3. The maximum Gasteiger partial charge on any atom is 0.130 e. The highest BCUT2D eigenvalue weighted by Crippen LogP contribution is 2.29. The van der Waals surface area contributed by atoms with E-state index in [9.17, 15) is 0 Å². The predicted molar refractivity (Wildman–Crippen MR) is 105 cm³/mol. The third-order valence-electron chi connectivity index (χ3n) is 5.06. The molecule has 1 fully saturated rings. The van der Waals surface area contributed by atoms with E-state index in [0.29, 0.717) is 0 Å². The molecular weight excluding hydrogens is 320 g/mol. The molecule has 134 valence electrons. The molecule has 1 aromatic heterocycles. The van der Waals surface area contributed by atoms with Gasteiger partial charge in [-0.3, -0.25) is 4.90 Å². The molecule has 4 heteroatoms. The van der Waals surface area contributed by atoms with E-state index in [1.54, 1.807) is 0 Å². The molecule has 1 atom stereocenters. The van der Waals surface area contributed by atoms with E-state index in [0.717, 1.165) is 38.5 Å². The van der Waals surface area contributed by atoms with Crippen molar-refractivity contribution < 1.29 is 0 Å². The minimum Gasteiger partial charge on any atom is -0.329 e. The Morgan fingerprint density at radius 1 is 1.04 bits per heavy atom. The van der Waals surface area contributed by atoms with Crippen LogP contribution in [-0.2, 0) is 6.54 Å². The van der Waals surface area contributed by atoms with Crippen molar-refractivity contribution in [1.29, 1.82) is 0 Å². The lowest BCUT2D eigenvalue weighted by Gasteiger charge is -2.35. The summed E-state index contributed by atoms with van der Waals surface area (Å²) in [6, 6.07) is 19.7. The van der Waals surface area contributed by atoms with Crippen LogP contribution < -0.4 is 5.32 Å². The van der Waals surface area contributed by atoms with Crippen molar-refractivity contribution in [3.05, 3.63) is 89.5 Å². The molecule has 0 spiro atoms. The van der Waals surface area contributed by atoms with Gasteiger partial charge in [-0.25, -0.2) is 4.98 Å². The number of nitrogens with one attached hydrogen (secondary N) is 1. The summed E-state index contributed by atoms with van der Waals surface area (Å²) in [6.45, 7) is 7.15. The average Bonchev–Trinajstić information content (AvgIpc) is 3.11. The molecule has 0 radical (unpaired) electrons. The number of piperazine rings is 1. The van der Waals surface area contributed by atoms with Gasteiger partial charge in [-0.2, -0.15) is 0 Å². The van der Waals surface area contributed by atoms with Gasteiger partial charge in [0.15, 0.2) is 0 Å². The van der Waals surface area contributed by atoms with Crippen LogP contribution in [0.25, 0.3) is 0 Å². The molecular formula is C22H26N4. The number of imidazole rings is 1. The number of hydrogen-bond acceptors (Lipinski definition) is 3. The van der Waals surface area contributed by atoms with Crippen molar-refractivity contribution in [2.24, 2.45) is 0 Å². The first kappa shape index (κ1) is 17.0. The molecule has 1 saturated heterocycles. The number of benzene rings is 2. The molecule has 26 heavy (non-hydrogen) atoms. The SMILES string of the molecule is Cc1cccc(C(c2nccn2Cc2ccccc2)N2CCNCC2)c1. The lowest BCUT2D eigenvalue weighted by atomic mass is 10.0. The topological polar surface area (TPSA) is 33.1 Å². The molecule has 1 unspecified atom stereocenters. The molecule has 0 aliphatic carbocycles. The Morgan fingerprint density at radius 3 is 2.62 bits per heavy atom. The molecule has 0 amide bonds. The van der Waals surface area contributed by atoms with Crippen LogP contribution in [0, 0.1) is 6.92 Å². The minimum atomic E-state index is 0.190. The molecule has 0 bridgehead atoms. The third kappa shape index (κ3) is 3.71. The largest absolute Gasteiger partial charge is 0.329 e. The summed E-state index contributed by atoms with van der Waals surface area (Å²) < 4.78 is 2.30. The molecule has 1 aliphatic rings. The first-order valence-corrected chi connectivity index (χ1v) is 9.37. The number of hydrogen-bond donors (Lipinski definition) is 1. The molecule has 0 saturated carbocycles. The predicted octanol–water partition coefficient (Wildman–Crippen LogP) is 3.23. The van der Waals surface area contributed by atoms with E-state index in [2.05, 4.69) is 82.5 Å². The van der Waals surface area contributed by atoms with Crippen LogP contribution in [0.1, 0.15) is 28.6 Å². The van der Waals surface area contributed by atoms with Gasteiger partial charge in [-0.05, 0) is 18.1 Å². The van der Waals surface area contributed by atoms with E-state index < -0.39 is 0 Å². The smallest absolute Gasteiger partial charge is 0.130 e. The van der Waals surface area contributed by atoms with Crippen LogP contribution in [0.3, 0.4) is 0 Å². The van der Waals surface area contributed by atoms with E-state index >= 15 is 0 Å². The summed E-state index contributed by atoms with van der Waals surface area (Å²) in [5.74, 6) is 1.13. The Bertz CT molecular complexity index is 834. The van der Waals surface area contributed by atoms with Crippen molar-refractivity contribution >= 4 is 0 Å². The summed E-state index contributed by atoms with van der Waals surface area (Å²) in [4.78, 5) is 7.35. The summed E-state index contributed by atoms with van der Waals surface area (Å²) in [5.41, 5.74) is 3.92. The Hall–Kier alpha value is -2.43. The van der Waals surface area contributed by atoms with Gasteiger partial charge in [0.25, 0.3) is 0 Å². The van der Waals surface area contributed by atoms with Gasteiger partial charge in [0, 0.05) is 45.1 Å². The Balaban J connectivity index is 1.71. The van der Waals surface area contributed by atoms with E-state index in [4.69, 9.17) is 4.98 Å². The van der Waals surface area contributed by atoms with Crippen molar-refractivity contribution in [2.45, 2.75) is 19.5 Å². The van der Waals surface area contributed by atoms with Crippen LogP contribution in [0.2, 0.25) is 0 Å². The van der Waals surface area contributed by atoms with Crippen molar-refractivity contribution in [1.82, 2.24) is 19.8 Å². The number of rotatable bonds is 5. The lowest BCUT2D eigenvalue weighted by molar-refractivity contribution is 0.189. The molecule has 4 rings (SSSR count). The Kier molecular flexibility index (Phi) is 5.14.